The van der Waals surface area contributed by atoms with Crippen molar-refractivity contribution in [1.82, 2.24) is 4.67 Å². The minimum absolute atomic E-state index is 0.187. The van der Waals surface area contributed by atoms with E-state index in [0.29, 0.717) is 6.54 Å². The lowest BCUT2D eigenvalue weighted by Crippen LogP contribution is -2.16. The molecule has 0 N–H and O–H groups in total. The lowest BCUT2D eigenvalue weighted by atomic mass is 10.4. The highest BCUT2D eigenvalue weighted by Crippen LogP contribution is 2.45. The summed E-state index contributed by atoms with van der Waals surface area (Å²) in [5.41, 5.74) is 0. The number of hydrogen-bond donors (Lipinski definition) is 1. The second kappa shape index (κ2) is 5.81. The van der Waals surface area contributed by atoms with Crippen LogP contribution in [0.25, 0.3) is 0 Å². The number of hydrogen-bond acceptors (Lipinski definition) is 3. The molecule has 0 spiro atoms. The van der Waals surface area contributed by atoms with Gasteiger partial charge in [-0.15, -0.1) is 6.58 Å². The Morgan fingerprint density at radius 3 is 2.75 bits per heavy atom. The first-order valence-electron chi connectivity index (χ1n) is 3.70. The second-order valence-electron chi connectivity index (χ2n) is 2.52. The standard InChI is InChI=1S/C7H16NO2PS/c1-4-5-6-8(2)11(3,9)10-7-12/h4,12H,1,5-7H2,2-3H3. The third-order valence-corrected chi connectivity index (χ3v) is 3.96. The molecule has 0 aliphatic rings. The van der Waals surface area contributed by atoms with Crippen LogP contribution in [0.4, 0.5) is 0 Å². The van der Waals surface area contributed by atoms with Gasteiger partial charge in [0.05, 0.1) is 5.94 Å². The van der Waals surface area contributed by atoms with Crippen LogP contribution in [0, 0.1) is 0 Å². The van der Waals surface area contributed by atoms with Gasteiger partial charge in [-0.1, -0.05) is 6.08 Å². The Bertz CT molecular complexity index is 186. The SMILES string of the molecule is C=CCCN(C)P(C)(=O)OCS. The van der Waals surface area contributed by atoms with Gasteiger partial charge in [-0.2, -0.15) is 12.6 Å². The third-order valence-electron chi connectivity index (χ3n) is 1.57. The molecule has 0 fully saturated rings. The molecule has 0 amide bonds. The minimum Gasteiger partial charge on any atom is -0.307 e. The van der Waals surface area contributed by atoms with Crippen LogP contribution >= 0.6 is 20.1 Å². The van der Waals surface area contributed by atoms with Crippen molar-refractivity contribution >= 4 is 20.1 Å². The fourth-order valence-electron chi connectivity index (χ4n) is 0.665. The molecular weight excluding hydrogens is 193 g/mol. The zero-order valence-electron chi connectivity index (χ0n) is 7.56. The van der Waals surface area contributed by atoms with Crippen LogP contribution < -0.4 is 0 Å². The molecule has 0 rings (SSSR count). The fraction of sp³-hybridized carbons (Fsp3) is 0.714. The predicted octanol–water partition coefficient (Wildman–Crippen LogP) is 2.22. The molecule has 0 aliphatic carbocycles. The summed E-state index contributed by atoms with van der Waals surface area (Å²) in [6, 6.07) is 0. The van der Waals surface area contributed by atoms with Gasteiger partial charge in [-0.05, 0) is 13.5 Å². The van der Waals surface area contributed by atoms with Crippen molar-refractivity contribution in [1.29, 1.82) is 0 Å². The molecule has 0 heterocycles. The Labute approximate surface area is 79.7 Å². The van der Waals surface area contributed by atoms with E-state index in [2.05, 4.69) is 19.2 Å². The van der Waals surface area contributed by atoms with Gasteiger partial charge in [-0.3, -0.25) is 4.57 Å². The average Bonchev–Trinajstić information content (AvgIpc) is 2.00. The zero-order valence-corrected chi connectivity index (χ0v) is 9.35. The van der Waals surface area contributed by atoms with Crippen molar-refractivity contribution < 1.29 is 9.09 Å². The topological polar surface area (TPSA) is 29.5 Å². The number of thiol groups is 1. The maximum atomic E-state index is 11.6. The summed E-state index contributed by atoms with van der Waals surface area (Å²) in [6.07, 6.45) is 2.60. The van der Waals surface area contributed by atoms with Crippen LogP contribution in [-0.2, 0) is 9.09 Å². The van der Waals surface area contributed by atoms with Crippen molar-refractivity contribution in [3.8, 4) is 0 Å². The monoisotopic (exact) mass is 209 g/mol. The highest BCUT2D eigenvalue weighted by Gasteiger charge is 2.20. The van der Waals surface area contributed by atoms with E-state index in [-0.39, 0.29) is 5.94 Å². The highest BCUT2D eigenvalue weighted by molar-refractivity contribution is 7.80. The summed E-state index contributed by atoms with van der Waals surface area (Å²) >= 11 is 3.86. The Balaban J connectivity index is 3.96. The second-order valence-corrected chi connectivity index (χ2v) is 5.32. The van der Waals surface area contributed by atoms with Gasteiger partial charge >= 0.3 is 0 Å². The number of nitrogens with zero attached hydrogens (tertiary/aromatic N) is 1. The van der Waals surface area contributed by atoms with Gasteiger partial charge in [0.2, 0.25) is 0 Å². The maximum Gasteiger partial charge on any atom is 0.269 e. The van der Waals surface area contributed by atoms with Crippen LogP contribution in [0.15, 0.2) is 12.7 Å². The smallest absolute Gasteiger partial charge is 0.269 e. The molecule has 0 aromatic heterocycles. The number of rotatable bonds is 6. The lowest BCUT2D eigenvalue weighted by molar-refractivity contribution is 0.324. The van der Waals surface area contributed by atoms with Crippen LogP contribution in [0.1, 0.15) is 6.42 Å². The molecule has 0 aromatic rings. The maximum absolute atomic E-state index is 11.6. The predicted molar refractivity (Wildman–Crippen MR) is 55.9 cm³/mol. The Morgan fingerprint density at radius 1 is 1.75 bits per heavy atom. The van der Waals surface area contributed by atoms with Crippen molar-refractivity contribution in [2.24, 2.45) is 0 Å². The molecule has 3 nitrogen and oxygen atoms in total. The lowest BCUT2D eigenvalue weighted by Gasteiger charge is -2.23. The first kappa shape index (κ1) is 12.2. The van der Waals surface area contributed by atoms with Gasteiger partial charge in [0.25, 0.3) is 7.52 Å². The van der Waals surface area contributed by atoms with Gasteiger partial charge in [0, 0.05) is 13.2 Å². The van der Waals surface area contributed by atoms with Crippen LogP contribution in [0.5, 0.6) is 0 Å². The van der Waals surface area contributed by atoms with Crippen LogP contribution in [-0.4, -0.2) is 30.9 Å². The van der Waals surface area contributed by atoms with Gasteiger partial charge in [0.1, 0.15) is 0 Å². The molecule has 0 saturated heterocycles. The van der Waals surface area contributed by atoms with Crippen molar-refractivity contribution in [2.45, 2.75) is 6.42 Å². The van der Waals surface area contributed by atoms with Crippen molar-refractivity contribution in [3.63, 3.8) is 0 Å². The minimum atomic E-state index is -2.60. The molecule has 1 atom stereocenters. The molecule has 0 aliphatic heterocycles. The van der Waals surface area contributed by atoms with Gasteiger partial charge in [-0.25, -0.2) is 4.67 Å². The summed E-state index contributed by atoms with van der Waals surface area (Å²) < 4.78 is 18.3. The average molecular weight is 209 g/mol. The summed E-state index contributed by atoms with van der Waals surface area (Å²) in [5, 5.41) is 0. The zero-order chi connectivity index (χ0) is 9.61. The first-order chi connectivity index (χ1) is 5.54. The summed E-state index contributed by atoms with van der Waals surface area (Å²) in [5.74, 6) is 0.187. The summed E-state index contributed by atoms with van der Waals surface area (Å²) in [6.45, 7) is 5.88. The van der Waals surface area contributed by atoms with Crippen molar-refractivity contribution in [2.75, 3.05) is 26.2 Å². The molecule has 0 aromatic carbocycles. The van der Waals surface area contributed by atoms with Crippen LogP contribution in [0.2, 0.25) is 0 Å². The summed E-state index contributed by atoms with van der Waals surface area (Å²) in [7, 11) is -0.833. The van der Waals surface area contributed by atoms with E-state index < -0.39 is 7.52 Å². The molecule has 5 heteroatoms. The van der Waals surface area contributed by atoms with Crippen LogP contribution in [0.3, 0.4) is 0 Å². The molecule has 1 unspecified atom stereocenters. The highest BCUT2D eigenvalue weighted by atomic mass is 32.1. The Morgan fingerprint density at radius 2 is 2.33 bits per heavy atom. The Hall–Kier alpha value is 0.240. The van der Waals surface area contributed by atoms with E-state index >= 15 is 0 Å². The molecule has 72 valence electrons. The van der Waals surface area contributed by atoms with E-state index in [4.69, 9.17) is 4.52 Å². The quantitative estimate of drug-likeness (QED) is 0.315. The molecule has 0 radical (unpaired) electrons. The molecular formula is C7H16NO2PS. The molecule has 0 saturated carbocycles. The third kappa shape index (κ3) is 4.31. The van der Waals surface area contributed by atoms with Crippen molar-refractivity contribution in [3.05, 3.63) is 12.7 Å². The van der Waals surface area contributed by atoms with E-state index in [1.165, 1.54) is 0 Å². The summed E-state index contributed by atoms with van der Waals surface area (Å²) in [4.78, 5) is 0. The first-order valence-corrected chi connectivity index (χ1v) is 6.35. The van der Waals surface area contributed by atoms with Gasteiger partial charge in [0.15, 0.2) is 0 Å². The molecule has 0 bridgehead atoms. The largest absolute Gasteiger partial charge is 0.307 e. The van der Waals surface area contributed by atoms with E-state index in [9.17, 15) is 4.57 Å². The fourth-order valence-corrected chi connectivity index (χ4v) is 2.20. The normalized spacial score (nSPS) is 16.0. The Kier molecular flexibility index (Phi) is 5.93. The molecule has 12 heavy (non-hydrogen) atoms. The van der Waals surface area contributed by atoms with E-state index in [0.717, 1.165) is 6.42 Å². The van der Waals surface area contributed by atoms with Gasteiger partial charge < -0.3 is 4.52 Å². The van der Waals surface area contributed by atoms with E-state index in [1.807, 2.05) is 0 Å². The van der Waals surface area contributed by atoms with E-state index in [1.54, 1.807) is 24.5 Å².